The molecule has 0 fully saturated rings. The van der Waals surface area contributed by atoms with Crippen molar-refractivity contribution in [2.75, 3.05) is 0 Å². The number of allylic oxidation sites excluding steroid dienone is 5. The molecule has 0 amide bonds. The Morgan fingerprint density at radius 1 is 0.967 bits per heavy atom. The molecule has 2 aromatic rings. The average molecular weight is 467 g/mol. The molecule has 30 heavy (non-hydrogen) atoms. The summed E-state index contributed by atoms with van der Waals surface area (Å²) in [5, 5.41) is 10.5. The first-order chi connectivity index (χ1) is 14.3. The molecule has 0 aliphatic rings. The lowest BCUT2D eigenvalue weighted by molar-refractivity contribution is 0.104. The van der Waals surface area contributed by atoms with Gasteiger partial charge in [0, 0.05) is 16.6 Å². The van der Waals surface area contributed by atoms with Crippen molar-refractivity contribution in [1.82, 2.24) is 0 Å². The van der Waals surface area contributed by atoms with Crippen molar-refractivity contribution in [2.45, 2.75) is 13.8 Å². The molecule has 0 aliphatic heterocycles. The lowest BCUT2D eigenvalue weighted by atomic mass is 10.1. The zero-order chi connectivity index (χ0) is 22.1. The Kier molecular flexibility index (Phi) is 8.44. The van der Waals surface area contributed by atoms with Crippen molar-refractivity contribution in [2.24, 2.45) is 0 Å². The SMILES string of the molecule is C=C(C)C=COc1cc(O)c(C(=O)C=Cc2ccc(Br)cc2)c(OC=CC(=C)C)c1. The van der Waals surface area contributed by atoms with Gasteiger partial charge in [0.2, 0.25) is 0 Å². The molecule has 5 heteroatoms. The Balaban J connectivity index is 2.36. The summed E-state index contributed by atoms with van der Waals surface area (Å²) in [5.41, 5.74) is 2.47. The van der Waals surface area contributed by atoms with Crippen LogP contribution in [0.3, 0.4) is 0 Å². The molecule has 0 unspecified atom stereocenters. The molecule has 1 N–H and O–H groups in total. The van der Waals surface area contributed by atoms with Crippen molar-refractivity contribution in [1.29, 1.82) is 0 Å². The maximum Gasteiger partial charge on any atom is 0.193 e. The first kappa shape index (κ1) is 23.0. The molecule has 0 spiro atoms. The van der Waals surface area contributed by atoms with Gasteiger partial charge in [-0.25, -0.2) is 0 Å². The van der Waals surface area contributed by atoms with E-state index in [0.717, 1.165) is 21.2 Å². The minimum Gasteiger partial charge on any atom is -0.507 e. The zero-order valence-corrected chi connectivity index (χ0v) is 18.5. The third-order valence-electron chi connectivity index (χ3n) is 3.70. The fourth-order valence-corrected chi connectivity index (χ4v) is 2.53. The van der Waals surface area contributed by atoms with Gasteiger partial charge in [0.05, 0.1) is 12.5 Å². The number of carbonyl (C=O) groups excluding carboxylic acids is 1. The van der Waals surface area contributed by atoms with E-state index in [4.69, 9.17) is 9.47 Å². The molecule has 0 aliphatic carbocycles. The molecule has 2 aromatic carbocycles. The first-order valence-electron chi connectivity index (χ1n) is 9.08. The largest absolute Gasteiger partial charge is 0.507 e. The predicted molar refractivity (Wildman–Crippen MR) is 125 cm³/mol. The molecule has 0 heterocycles. The smallest absolute Gasteiger partial charge is 0.193 e. The monoisotopic (exact) mass is 466 g/mol. The number of aromatic hydroxyl groups is 1. The number of ether oxygens (including phenoxy) is 2. The van der Waals surface area contributed by atoms with Gasteiger partial charge < -0.3 is 14.6 Å². The lowest BCUT2D eigenvalue weighted by Gasteiger charge is -2.11. The van der Waals surface area contributed by atoms with Crippen LogP contribution in [-0.2, 0) is 0 Å². The van der Waals surface area contributed by atoms with Crippen molar-refractivity contribution in [3.05, 3.63) is 107 Å². The highest BCUT2D eigenvalue weighted by Gasteiger charge is 2.18. The van der Waals surface area contributed by atoms with Crippen molar-refractivity contribution in [3.8, 4) is 17.2 Å². The van der Waals surface area contributed by atoms with Crippen LogP contribution in [-0.4, -0.2) is 10.9 Å². The Labute approximate surface area is 185 Å². The van der Waals surface area contributed by atoms with E-state index in [1.165, 1.54) is 30.7 Å². The van der Waals surface area contributed by atoms with Crippen LogP contribution >= 0.6 is 15.9 Å². The summed E-state index contributed by atoms with van der Waals surface area (Å²) in [6, 6.07) is 10.4. The fourth-order valence-electron chi connectivity index (χ4n) is 2.27. The van der Waals surface area contributed by atoms with E-state index in [1.54, 1.807) is 18.2 Å². The average Bonchev–Trinajstić information content (AvgIpc) is 2.66. The molecule has 4 nitrogen and oxygen atoms in total. The molecule has 0 atom stereocenters. The summed E-state index contributed by atoms with van der Waals surface area (Å²) in [7, 11) is 0. The van der Waals surface area contributed by atoms with Crippen molar-refractivity contribution in [3.63, 3.8) is 0 Å². The number of hydrogen-bond acceptors (Lipinski definition) is 4. The molecular weight excluding hydrogens is 444 g/mol. The van der Waals surface area contributed by atoms with Gasteiger partial charge in [-0.2, -0.15) is 0 Å². The van der Waals surface area contributed by atoms with Gasteiger partial charge in [0.15, 0.2) is 5.78 Å². The first-order valence-corrected chi connectivity index (χ1v) is 9.88. The van der Waals surface area contributed by atoms with E-state index in [2.05, 4.69) is 29.1 Å². The molecule has 0 aromatic heterocycles. The molecule has 2 rings (SSSR count). The molecular formula is C25H23BrO4. The van der Waals surface area contributed by atoms with E-state index in [0.29, 0.717) is 5.75 Å². The standard InChI is InChI=1S/C25H23BrO4/c1-17(2)11-13-29-21-15-23(28)25(24(16-21)30-14-12-18(3)4)22(27)10-7-19-5-8-20(26)9-6-19/h5-16,28H,1,3H2,2,4H3. The minimum atomic E-state index is -0.404. The van der Waals surface area contributed by atoms with Crippen LogP contribution in [0.4, 0.5) is 0 Å². The van der Waals surface area contributed by atoms with Gasteiger partial charge in [-0.05, 0) is 49.8 Å². The molecule has 0 saturated carbocycles. The van der Waals surface area contributed by atoms with E-state index in [9.17, 15) is 9.90 Å². The third kappa shape index (κ3) is 7.26. The summed E-state index contributed by atoms with van der Waals surface area (Å²) in [6.45, 7) is 11.2. The van der Waals surface area contributed by atoms with Gasteiger partial charge in [0.25, 0.3) is 0 Å². The van der Waals surface area contributed by atoms with Crippen LogP contribution in [0.2, 0.25) is 0 Å². The van der Waals surface area contributed by atoms with Gasteiger partial charge in [0.1, 0.15) is 22.8 Å². The second-order valence-electron chi connectivity index (χ2n) is 6.60. The third-order valence-corrected chi connectivity index (χ3v) is 4.23. The maximum absolute atomic E-state index is 12.8. The summed E-state index contributed by atoms with van der Waals surface area (Å²) in [6.07, 6.45) is 9.23. The fraction of sp³-hybridized carbons (Fsp3) is 0.0800. The number of hydrogen-bond donors (Lipinski definition) is 1. The van der Waals surface area contributed by atoms with Gasteiger partial charge in [-0.3, -0.25) is 4.79 Å². The molecule has 0 bridgehead atoms. The summed E-state index contributed by atoms with van der Waals surface area (Å²) >= 11 is 3.37. The van der Waals surface area contributed by atoms with Gasteiger partial charge >= 0.3 is 0 Å². The number of phenolic OH excluding ortho intramolecular Hbond substituents is 1. The summed E-state index contributed by atoms with van der Waals surface area (Å²) < 4.78 is 12.0. The Morgan fingerprint density at radius 3 is 2.17 bits per heavy atom. The lowest BCUT2D eigenvalue weighted by Crippen LogP contribution is -2.00. The second-order valence-corrected chi connectivity index (χ2v) is 7.51. The van der Waals surface area contributed by atoms with Crippen molar-refractivity contribution >= 4 is 27.8 Å². The zero-order valence-electron chi connectivity index (χ0n) is 16.9. The van der Waals surface area contributed by atoms with Crippen molar-refractivity contribution < 1.29 is 19.4 Å². The minimum absolute atomic E-state index is 0.0333. The Hall–Kier alpha value is -3.31. The van der Waals surface area contributed by atoms with Crippen LogP contribution in [0.1, 0.15) is 29.8 Å². The number of rotatable bonds is 9. The highest BCUT2D eigenvalue weighted by molar-refractivity contribution is 9.10. The predicted octanol–water partition coefficient (Wildman–Crippen LogP) is 6.99. The Morgan fingerprint density at radius 2 is 1.57 bits per heavy atom. The molecule has 0 radical (unpaired) electrons. The second kappa shape index (κ2) is 11.0. The number of benzene rings is 2. The van der Waals surface area contributed by atoms with Crippen LogP contribution in [0, 0.1) is 0 Å². The van der Waals surface area contributed by atoms with E-state index < -0.39 is 5.78 Å². The number of ketones is 1. The highest BCUT2D eigenvalue weighted by Crippen LogP contribution is 2.34. The van der Waals surface area contributed by atoms with Gasteiger partial charge in [-0.1, -0.05) is 58.4 Å². The Bertz CT molecular complexity index is 1030. The maximum atomic E-state index is 12.8. The van der Waals surface area contributed by atoms with Crippen LogP contribution in [0.5, 0.6) is 17.2 Å². The highest BCUT2D eigenvalue weighted by atomic mass is 79.9. The molecule has 154 valence electrons. The normalized spacial score (nSPS) is 11.3. The van der Waals surface area contributed by atoms with E-state index in [1.807, 2.05) is 38.1 Å². The number of halogens is 1. The summed E-state index contributed by atoms with van der Waals surface area (Å²) in [5.74, 6) is -0.174. The number of carbonyl (C=O) groups is 1. The number of phenols is 1. The van der Waals surface area contributed by atoms with Crippen LogP contribution in [0.25, 0.3) is 6.08 Å². The topological polar surface area (TPSA) is 55.8 Å². The van der Waals surface area contributed by atoms with E-state index in [-0.39, 0.29) is 17.1 Å². The molecule has 0 saturated heterocycles. The van der Waals surface area contributed by atoms with Crippen LogP contribution in [0.15, 0.2) is 95.9 Å². The summed E-state index contributed by atoms with van der Waals surface area (Å²) in [4.78, 5) is 12.8. The van der Waals surface area contributed by atoms with E-state index >= 15 is 0 Å². The van der Waals surface area contributed by atoms with Crippen LogP contribution < -0.4 is 9.47 Å². The quantitative estimate of drug-likeness (QED) is 0.187. The van der Waals surface area contributed by atoms with Gasteiger partial charge in [-0.15, -0.1) is 0 Å².